The van der Waals surface area contributed by atoms with Gasteiger partial charge in [0.1, 0.15) is 0 Å². The van der Waals surface area contributed by atoms with Crippen LogP contribution in [-0.4, -0.2) is 29.7 Å². The number of sulfone groups is 1. The van der Waals surface area contributed by atoms with Crippen molar-refractivity contribution < 1.29 is 28.5 Å². The minimum Gasteiger partial charge on any atom is -0.504 e. The van der Waals surface area contributed by atoms with E-state index in [-0.39, 0.29) is 15.4 Å². The zero-order valence-corrected chi connectivity index (χ0v) is 11.5. The van der Waals surface area contributed by atoms with Crippen LogP contribution in [0.15, 0.2) is 52.3 Å². The van der Waals surface area contributed by atoms with Crippen molar-refractivity contribution in [2.45, 2.75) is 16.2 Å². The van der Waals surface area contributed by atoms with Gasteiger partial charge in [0.05, 0.1) is 16.2 Å². The zero-order valence-electron chi connectivity index (χ0n) is 10.7. The normalized spacial score (nSPS) is 11.2. The van der Waals surface area contributed by atoms with Crippen molar-refractivity contribution in [1.29, 1.82) is 0 Å². The highest BCUT2D eigenvalue weighted by Crippen LogP contribution is 2.34. The average molecular weight is 308 g/mol. The molecule has 0 radical (unpaired) electrons. The summed E-state index contributed by atoms with van der Waals surface area (Å²) in [6.07, 6.45) is -0.588. The molecule has 0 aromatic heterocycles. The maximum absolute atomic E-state index is 12.5. The fraction of sp³-hybridized carbons (Fsp3) is 0.0714. The highest BCUT2D eigenvalue weighted by atomic mass is 32.2. The third kappa shape index (κ3) is 2.97. The molecule has 110 valence electrons. The third-order valence-corrected chi connectivity index (χ3v) is 4.69. The topological polar surface area (TPSA) is 112 Å². The molecule has 0 aliphatic carbocycles. The van der Waals surface area contributed by atoms with Crippen LogP contribution in [0, 0.1) is 0 Å². The summed E-state index contributed by atoms with van der Waals surface area (Å²) in [7, 11) is -3.99. The van der Waals surface area contributed by atoms with Gasteiger partial charge in [-0.1, -0.05) is 18.2 Å². The van der Waals surface area contributed by atoms with Crippen LogP contribution in [0.25, 0.3) is 0 Å². The molecule has 6 nitrogen and oxygen atoms in total. The molecule has 3 N–H and O–H groups in total. The van der Waals surface area contributed by atoms with E-state index in [9.17, 15) is 23.4 Å². The first kappa shape index (κ1) is 14.9. The van der Waals surface area contributed by atoms with Crippen LogP contribution in [0.4, 0.5) is 0 Å². The van der Waals surface area contributed by atoms with E-state index < -0.39 is 33.7 Å². The zero-order chi connectivity index (χ0) is 15.6. The van der Waals surface area contributed by atoms with E-state index in [1.165, 1.54) is 24.3 Å². The molecule has 0 unspecified atom stereocenters. The Morgan fingerprint density at radius 3 is 2.14 bits per heavy atom. The molecule has 0 amide bonds. The second-order valence-electron chi connectivity index (χ2n) is 4.34. The summed E-state index contributed by atoms with van der Waals surface area (Å²) in [5, 5.41) is 27.8. The minimum atomic E-state index is -3.99. The Bertz CT molecular complexity index is 781. The second kappa shape index (κ2) is 5.45. The van der Waals surface area contributed by atoms with E-state index >= 15 is 0 Å². The Morgan fingerprint density at radius 1 is 1.00 bits per heavy atom. The van der Waals surface area contributed by atoms with Gasteiger partial charge >= 0.3 is 5.97 Å². The van der Waals surface area contributed by atoms with Crippen LogP contribution in [0.5, 0.6) is 11.5 Å². The molecule has 0 aliphatic heterocycles. The number of phenols is 2. The summed E-state index contributed by atoms with van der Waals surface area (Å²) in [4.78, 5) is 10.5. The molecule has 0 aliphatic rings. The minimum absolute atomic E-state index is 0.0262. The van der Waals surface area contributed by atoms with Crippen LogP contribution < -0.4 is 0 Å². The first-order valence-corrected chi connectivity index (χ1v) is 7.37. The van der Waals surface area contributed by atoms with Gasteiger partial charge in [-0.05, 0) is 23.8 Å². The third-order valence-electron chi connectivity index (χ3n) is 2.84. The van der Waals surface area contributed by atoms with Crippen LogP contribution >= 0.6 is 0 Å². The molecule has 0 heterocycles. The van der Waals surface area contributed by atoms with E-state index in [1.807, 2.05) is 0 Å². The molecule has 0 bridgehead atoms. The van der Waals surface area contributed by atoms with Gasteiger partial charge in [-0.25, -0.2) is 8.42 Å². The van der Waals surface area contributed by atoms with Gasteiger partial charge in [-0.3, -0.25) is 4.79 Å². The number of hydrogen-bond acceptors (Lipinski definition) is 5. The van der Waals surface area contributed by atoms with Gasteiger partial charge in [-0.2, -0.15) is 0 Å². The Labute approximate surface area is 120 Å². The van der Waals surface area contributed by atoms with Crippen molar-refractivity contribution in [2.24, 2.45) is 0 Å². The lowest BCUT2D eigenvalue weighted by Gasteiger charge is -2.11. The van der Waals surface area contributed by atoms with Gasteiger partial charge in [0, 0.05) is 6.07 Å². The molecule has 2 aromatic rings. The number of rotatable bonds is 4. The molecule has 21 heavy (non-hydrogen) atoms. The van der Waals surface area contributed by atoms with Crippen molar-refractivity contribution in [2.75, 3.05) is 0 Å². The van der Waals surface area contributed by atoms with E-state index in [0.717, 1.165) is 12.1 Å². The highest BCUT2D eigenvalue weighted by Gasteiger charge is 2.24. The van der Waals surface area contributed by atoms with Gasteiger partial charge in [0.2, 0.25) is 9.84 Å². The summed E-state index contributed by atoms with van der Waals surface area (Å²) >= 11 is 0. The fourth-order valence-electron chi connectivity index (χ4n) is 1.88. The number of hydrogen-bond donors (Lipinski definition) is 3. The molecule has 0 fully saturated rings. The quantitative estimate of drug-likeness (QED) is 0.739. The number of carbonyl (C=O) groups is 1. The van der Waals surface area contributed by atoms with Crippen molar-refractivity contribution in [1.82, 2.24) is 0 Å². The van der Waals surface area contributed by atoms with E-state index in [4.69, 9.17) is 5.11 Å². The standard InChI is InChI=1S/C14H12O6S/c15-11-6-9(7-14(17)18)13(8-12(11)16)21(19,20)10-4-2-1-3-5-10/h1-6,8,15-16H,7H2,(H,17,18). The van der Waals surface area contributed by atoms with Gasteiger partial charge < -0.3 is 15.3 Å². The van der Waals surface area contributed by atoms with Gasteiger partial charge in [0.25, 0.3) is 0 Å². The van der Waals surface area contributed by atoms with Crippen molar-refractivity contribution >= 4 is 15.8 Å². The van der Waals surface area contributed by atoms with E-state index in [1.54, 1.807) is 6.07 Å². The molecule has 0 atom stereocenters. The summed E-state index contributed by atoms with van der Waals surface area (Å²) in [5.41, 5.74) is -0.0957. The molecule has 0 spiro atoms. The van der Waals surface area contributed by atoms with Crippen molar-refractivity contribution in [3.05, 3.63) is 48.0 Å². The first-order valence-electron chi connectivity index (χ1n) is 5.89. The Hall–Kier alpha value is -2.54. The lowest BCUT2D eigenvalue weighted by atomic mass is 10.1. The lowest BCUT2D eigenvalue weighted by Crippen LogP contribution is -2.09. The average Bonchev–Trinajstić information content (AvgIpc) is 2.43. The second-order valence-corrected chi connectivity index (χ2v) is 6.25. The number of phenolic OH excluding ortho intramolecular Hbond substituents is 2. The molecule has 2 aromatic carbocycles. The van der Waals surface area contributed by atoms with E-state index in [2.05, 4.69) is 0 Å². The Morgan fingerprint density at radius 2 is 1.57 bits per heavy atom. The van der Waals surface area contributed by atoms with Crippen LogP contribution in [0.1, 0.15) is 5.56 Å². The summed E-state index contributed by atoms with van der Waals surface area (Å²) < 4.78 is 25.0. The summed E-state index contributed by atoms with van der Waals surface area (Å²) in [5.74, 6) is -2.44. The number of carboxylic acid groups (broad SMARTS) is 1. The maximum Gasteiger partial charge on any atom is 0.307 e. The summed E-state index contributed by atoms with van der Waals surface area (Å²) in [6.45, 7) is 0. The van der Waals surface area contributed by atoms with Crippen LogP contribution in [0.3, 0.4) is 0 Å². The Kier molecular flexibility index (Phi) is 3.86. The summed E-state index contributed by atoms with van der Waals surface area (Å²) in [6, 6.07) is 9.24. The van der Waals surface area contributed by atoms with E-state index in [0.29, 0.717) is 0 Å². The van der Waals surface area contributed by atoms with Crippen molar-refractivity contribution in [3.8, 4) is 11.5 Å². The predicted molar refractivity (Wildman–Crippen MR) is 73.0 cm³/mol. The van der Waals surface area contributed by atoms with Crippen LogP contribution in [-0.2, 0) is 21.1 Å². The lowest BCUT2D eigenvalue weighted by molar-refractivity contribution is -0.136. The van der Waals surface area contributed by atoms with Gasteiger partial charge in [0.15, 0.2) is 11.5 Å². The Balaban J connectivity index is 2.67. The van der Waals surface area contributed by atoms with Crippen molar-refractivity contribution in [3.63, 3.8) is 0 Å². The molecular formula is C14H12O6S. The number of aliphatic carboxylic acids is 1. The molecule has 7 heteroatoms. The number of benzene rings is 2. The largest absolute Gasteiger partial charge is 0.504 e. The fourth-order valence-corrected chi connectivity index (χ4v) is 3.39. The molecule has 0 saturated heterocycles. The smallest absolute Gasteiger partial charge is 0.307 e. The van der Waals surface area contributed by atoms with Gasteiger partial charge in [-0.15, -0.1) is 0 Å². The molecular weight excluding hydrogens is 296 g/mol. The number of carboxylic acids is 1. The number of aromatic hydroxyl groups is 2. The highest BCUT2D eigenvalue weighted by molar-refractivity contribution is 7.91. The monoisotopic (exact) mass is 308 g/mol. The predicted octanol–water partition coefficient (Wildman–Crippen LogP) is 1.56. The SMILES string of the molecule is O=C(O)Cc1cc(O)c(O)cc1S(=O)(=O)c1ccccc1. The maximum atomic E-state index is 12.5. The van der Waals surface area contributed by atoms with Crippen LogP contribution in [0.2, 0.25) is 0 Å². The molecule has 2 rings (SSSR count). The first-order chi connectivity index (χ1) is 9.82. The molecule has 0 saturated carbocycles.